The zero-order valence-electron chi connectivity index (χ0n) is 15.3. The zero-order valence-corrected chi connectivity index (χ0v) is 17.5. The van der Waals surface area contributed by atoms with Crippen molar-refractivity contribution in [2.75, 3.05) is 5.32 Å². The van der Waals surface area contributed by atoms with E-state index in [4.69, 9.17) is 0 Å². The maximum Gasteiger partial charge on any atom is 0.270 e. The van der Waals surface area contributed by atoms with E-state index in [-0.39, 0.29) is 17.7 Å². The van der Waals surface area contributed by atoms with Gasteiger partial charge in [-0.05, 0) is 71.8 Å². The van der Waals surface area contributed by atoms with E-state index in [2.05, 4.69) is 38.8 Å². The molecule has 1 saturated carbocycles. The number of nitrogens with one attached hydrogen (secondary N) is 3. The molecular weight excluding hydrogens is 469 g/mol. The second kappa shape index (κ2) is 9.68. The number of amides is 3. The highest BCUT2D eigenvalue weighted by Gasteiger charge is 2.21. The van der Waals surface area contributed by atoms with Gasteiger partial charge >= 0.3 is 0 Å². The maximum absolute atomic E-state index is 12.3. The minimum atomic E-state index is -0.426. The molecule has 28 heavy (non-hydrogen) atoms. The number of benzene rings is 2. The molecule has 0 aliphatic heterocycles. The van der Waals surface area contributed by atoms with Crippen molar-refractivity contribution in [2.45, 2.75) is 32.1 Å². The van der Waals surface area contributed by atoms with Gasteiger partial charge in [0.2, 0.25) is 5.91 Å². The third kappa shape index (κ3) is 5.31. The summed E-state index contributed by atoms with van der Waals surface area (Å²) in [6, 6.07) is 13.7. The number of carbonyl (C=O) groups excluding carboxylic acids is 3. The number of rotatable bonds is 4. The number of hydrazine groups is 1. The van der Waals surface area contributed by atoms with Crippen molar-refractivity contribution in [1.82, 2.24) is 10.9 Å². The Balaban J connectivity index is 1.52. The van der Waals surface area contributed by atoms with Gasteiger partial charge in [-0.3, -0.25) is 25.2 Å². The minimum absolute atomic E-state index is 0.0432. The molecule has 0 saturated heterocycles. The Labute approximate surface area is 177 Å². The lowest BCUT2D eigenvalue weighted by Crippen LogP contribution is -2.41. The van der Waals surface area contributed by atoms with E-state index in [9.17, 15) is 14.4 Å². The van der Waals surface area contributed by atoms with E-state index in [0.29, 0.717) is 16.8 Å². The van der Waals surface area contributed by atoms with E-state index >= 15 is 0 Å². The molecule has 0 radical (unpaired) electrons. The van der Waals surface area contributed by atoms with Gasteiger partial charge in [0.15, 0.2) is 0 Å². The fourth-order valence-corrected chi connectivity index (χ4v) is 3.84. The van der Waals surface area contributed by atoms with Crippen LogP contribution in [0.25, 0.3) is 0 Å². The first-order valence-electron chi connectivity index (χ1n) is 9.31. The number of anilines is 1. The predicted molar refractivity (Wildman–Crippen MR) is 116 cm³/mol. The summed E-state index contributed by atoms with van der Waals surface area (Å²) in [6.45, 7) is 0. The Morgan fingerprint density at radius 1 is 0.821 bits per heavy atom. The molecule has 146 valence electrons. The monoisotopic (exact) mass is 491 g/mol. The van der Waals surface area contributed by atoms with Crippen LogP contribution >= 0.6 is 22.6 Å². The summed E-state index contributed by atoms with van der Waals surface area (Å²) in [5.74, 6) is -0.687. The van der Waals surface area contributed by atoms with E-state index in [0.717, 1.165) is 29.3 Å². The molecule has 0 bridgehead atoms. The van der Waals surface area contributed by atoms with Gasteiger partial charge in [-0.1, -0.05) is 31.4 Å². The van der Waals surface area contributed by atoms with E-state index in [1.54, 1.807) is 36.4 Å². The third-order valence-corrected chi connectivity index (χ3v) is 5.74. The fraction of sp³-hybridized carbons (Fsp3) is 0.286. The summed E-state index contributed by atoms with van der Waals surface area (Å²) >= 11 is 2.07. The molecule has 3 N–H and O–H groups in total. The van der Waals surface area contributed by atoms with Crippen LogP contribution in [0.4, 0.5) is 5.69 Å². The van der Waals surface area contributed by atoms with Crippen LogP contribution in [0.5, 0.6) is 0 Å². The minimum Gasteiger partial charge on any atom is -0.326 e. The lowest BCUT2D eigenvalue weighted by atomic mass is 9.88. The molecule has 0 unspecified atom stereocenters. The van der Waals surface area contributed by atoms with Crippen LogP contribution in [-0.2, 0) is 4.79 Å². The van der Waals surface area contributed by atoms with Crippen molar-refractivity contribution in [3.05, 3.63) is 63.2 Å². The number of hydrogen-bond donors (Lipinski definition) is 3. The Morgan fingerprint density at radius 2 is 1.46 bits per heavy atom. The molecular formula is C21H22IN3O3. The van der Waals surface area contributed by atoms with Gasteiger partial charge in [0.25, 0.3) is 11.8 Å². The van der Waals surface area contributed by atoms with Crippen molar-refractivity contribution in [3.63, 3.8) is 0 Å². The molecule has 1 fully saturated rings. The SMILES string of the molecule is O=C(NNC(=O)c1ccccc1I)c1ccc(NC(=O)C2CCCCC2)cc1. The summed E-state index contributed by atoms with van der Waals surface area (Å²) < 4.78 is 0.796. The maximum atomic E-state index is 12.3. The summed E-state index contributed by atoms with van der Waals surface area (Å²) in [5.41, 5.74) is 6.36. The Kier molecular flexibility index (Phi) is 7.02. The van der Waals surface area contributed by atoms with Crippen LogP contribution in [0.2, 0.25) is 0 Å². The number of carbonyl (C=O) groups is 3. The van der Waals surface area contributed by atoms with Crippen LogP contribution in [0.1, 0.15) is 52.8 Å². The molecule has 0 atom stereocenters. The lowest BCUT2D eigenvalue weighted by Gasteiger charge is -2.20. The molecule has 1 aliphatic rings. The zero-order chi connectivity index (χ0) is 19.9. The van der Waals surface area contributed by atoms with Crippen molar-refractivity contribution in [2.24, 2.45) is 5.92 Å². The standard InChI is InChI=1S/C21H22IN3O3/c22-18-9-5-4-8-17(18)21(28)25-24-20(27)15-10-12-16(13-11-15)23-19(26)14-6-2-1-3-7-14/h4-5,8-14H,1-3,6-7H2,(H,23,26)(H,24,27)(H,25,28). The fourth-order valence-electron chi connectivity index (χ4n) is 3.21. The van der Waals surface area contributed by atoms with Crippen molar-refractivity contribution >= 4 is 46.0 Å². The first-order valence-corrected chi connectivity index (χ1v) is 10.4. The highest BCUT2D eigenvalue weighted by atomic mass is 127. The average Bonchev–Trinajstić information content (AvgIpc) is 2.73. The molecule has 7 heteroatoms. The summed E-state index contributed by atoms with van der Waals surface area (Å²) in [7, 11) is 0. The Bertz CT molecular complexity index is 861. The molecule has 3 amide bonds. The van der Waals surface area contributed by atoms with Gasteiger partial charge in [-0.15, -0.1) is 0 Å². The van der Waals surface area contributed by atoms with E-state index in [1.165, 1.54) is 6.42 Å². The molecule has 0 spiro atoms. The summed E-state index contributed by atoms with van der Waals surface area (Å²) in [4.78, 5) is 36.7. The van der Waals surface area contributed by atoms with Crippen LogP contribution in [0.3, 0.4) is 0 Å². The summed E-state index contributed by atoms with van der Waals surface area (Å²) in [5, 5.41) is 2.91. The van der Waals surface area contributed by atoms with Crippen LogP contribution in [-0.4, -0.2) is 17.7 Å². The molecule has 2 aromatic rings. The topological polar surface area (TPSA) is 87.3 Å². The molecule has 3 rings (SSSR count). The Morgan fingerprint density at radius 3 is 2.14 bits per heavy atom. The van der Waals surface area contributed by atoms with Gasteiger partial charge in [-0.25, -0.2) is 0 Å². The number of halogens is 1. The normalized spacial score (nSPS) is 14.2. The highest BCUT2D eigenvalue weighted by molar-refractivity contribution is 14.1. The first kappa shape index (κ1) is 20.3. The van der Waals surface area contributed by atoms with Crippen molar-refractivity contribution < 1.29 is 14.4 Å². The average molecular weight is 491 g/mol. The van der Waals surface area contributed by atoms with Crippen LogP contribution in [0.15, 0.2) is 48.5 Å². The lowest BCUT2D eigenvalue weighted by molar-refractivity contribution is -0.120. The van der Waals surface area contributed by atoms with Crippen LogP contribution in [0, 0.1) is 9.49 Å². The second-order valence-electron chi connectivity index (χ2n) is 6.79. The van der Waals surface area contributed by atoms with Crippen LogP contribution < -0.4 is 16.2 Å². The number of hydrogen-bond acceptors (Lipinski definition) is 3. The van der Waals surface area contributed by atoms with E-state index < -0.39 is 5.91 Å². The molecule has 2 aromatic carbocycles. The van der Waals surface area contributed by atoms with Crippen molar-refractivity contribution in [1.29, 1.82) is 0 Å². The van der Waals surface area contributed by atoms with Gasteiger partial charge in [0.05, 0.1) is 5.56 Å². The third-order valence-electron chi connectivity index (χ3n) is 4.80. The quantitative estimate of drug-likeness (QED) is 0.448. The second-order valence-corrected chi connectivity index (χ2v) is 7.95. The van der Waals surface area contributed by atoms with Crippen molar-refractivity contribution in [3.8, 4) is 0 Å². The first-order chi connectivity index (χ1) is 13.5. The predicted octanol–water partition coefficient (Wildman–Crippen LogP) is 3.88. The highest BCUT2D eigenvalue weighted by Crippen LogP contribution is 2.25. The molecule has 1 aliphatic carbocycles. The Hall–Kier alpha value is -2.42. The molecule has 6 nitrogen and oxygen atoms in total. The molecule has 0 aromatic heterocycles. The summed E-state index contributed by atoms with van der Waals surface area (Å²) in [6.07, 6.45) is 5.28. The molecule has 0 heterocycles. The largest absolute Gasteiger partial charge is 0.326 e. The van der Waals surface area contributed by atoms with Gasteiger partial charge < -0.3 is 5.32 Å². The van der Waals surface area contributed by atoms with E-state index in [1.807, 2.05) is 12.1 Å². The van der Waals surface area contributed by atoms with Gasteiger partial charge in [-0.2, -0.15) is 0 Å². The van der Waals surface area contributed by atoms with Gasteiger partial charge in [0.1, 0.15) is 0 Å². The smallest absolute Gasteiger partial charge is 0.270 e. The van der Waals surface area contributed by atoms with Gasteiger partial charge in [0, 0.05) is 20.7 Å².